The summed E-state index contributed by atoms with van der Waals surface area (Å²) in [4.78, 5) is 13.1. The topological polar surface area (TPSA) is 120 Å². The van der Waals surface area contributed by atoms with Crippen LogP contribution in [-0.4, -0.2) is 46.7 Å². The monoisotopic (exact) mass is 638 g/mol. The van der Waals surface area contributed by atoms with Crippen molar-refractivity contribution in [2.45, 2.75) is 49.7 Å². The van der Waals surface area contributed by atoms with Gasteiger partial charge >= 0.3 is 13.3 Å². The van der Waals surface area contributed by atoms with Crippen LogP contribution >= 0.6 is 7.60 Å². The third kappa shape index (κ3) is 9.67. The Morgan fingerprint density at radius 2 is 1.47 bits per heavy atom. The molecule has 0 aliphatic heterocycles. The van der Waals surface area contributed by atoms with Crippen molar-refractivity contribution in [2.75, 3.05) is 26.4 Å². The Labute approximate surface area is 251 Å². The molecule has 0 aliphatic carbocycles. The van der Waals surface area contributed by atoms with Crippen LogP contribution in [0.4, 0.5) is 8.78 Å². The van der Waals surface area contributed by atoms with Gasteiger partial charge in [-0.2, -0.15) is 13.5 Å². The molecule has 3 aromatic rings. The number of hydrogen-bond donors (Lipinski definition) is 2. The summed E-state index contributed by atoms with van der Waals surface area (Å²) >= 11 is 0. The first-order valence-corrected chi connectivity index (χ1v) is 16.9. The van der Waals surface area contributed by atoms with Gasteiger partial charge in [-0.1, -0.05) is 60.7 Å². The molecule has 3 aromatic carbocycles. The number of alkyl halides is 2. The third-order valence-corrected chi connectivity index (χ3v) is 9.86. The van der Waals surface area contributed by atoms with Crippen LogP contribution in [0.1, 0.15) is 37.8 Å². The third-order valence-electron chi connectivity index (χ3n) is 6.23. The van der Waals surface area contributed by atoms with Gasteiger partial charge < -0.3 is 19.1 Å². The van der Waals surface area contributed by atoms with Crippen molar-refractivity contribution in [3.05, 3.63) is 96.1 Å². The van der Waals surface area contributed by atoms with Crippen LogP contribution in [-0.2, 0) is 40.5 Å². The zero-order valence-corrected chi connectivity index (χ0v) is 25.8. The molecule has 9 nitrogen and oxygen atoms in total. The lowest BCUT2D eigenvalue weighted by molar-refractivity contribution is -0.122. The number of hydrogen-bond acceptors (Lipinski definition) is 7. The minimum absolute atomic E-state index is 0.0246. The normalized spacial score (nSPS) is 12.9. The van der Waals surface area contributed by atoms with Crippen LogP contribution in [0.2, 0.25) is 0 Å². The standard InChI is InChI=1S/C30H37F2N2O7PS/c1-3-40-42(36,41-4-2)30(31,32)25-19-17-24(18-20-25)23-28(34-43(37,38)27-15-9-6-10-16-27)29(35)33-21-11-12-22-39-26-13-7-5-8-14-26/h5-10,13-20,28,34H,3-4,11-12,21-23H2,1-2H3,(H,33,35)/t28-/m0/s1. The SMILES string of the molecule is CCOP(=O)(OCC)C(F)(F)c1ccc(C[C@H](NS(=O)(=O)c2ccccc2)C(=O)NCCCCOc2ccccc2)cc1. The minimum Gasteiger partial charge on any atom is -0.494 e. The number of unbranched alkanes of at least 4 members (excludes halogenated alkanes) is 1. The molecular weight excluding hydrogens is 601 g/mol. The number of nitrogens with one attached hydrogen (secondary N) is 2. The van der Waals surface area contributed by atoms with Gasteiger partial charge in [0, 0.05) is 12.1 Å². The van der Waals surface area contributed by atoms with Gasteiger partial charge in [0.1, 0.15) is 11.8 Å². The van der Waals surface area contributed by atoms with E-state index in [9.17, 15) is 17.8 Å². The van der Waals surface area contributed by atoms with E-state index in [0.29, 0.717) is 25.0 Å². The van der Waals surface area contributed by atoms with Crippen LogP contribution in [0.25, 0.3) is 0 Å². The second-order valence-electron chi connectivity index (χ2n) is 9.42. The van der Waals surface area contributed by atoms with Gasteiger partial charge in [-0.05, 0) is 62.9 Å². The predicted octanol–water partition coefficient (Wildman–Crippen LogP) is 5.87. The summed E-state index contributed by atoms with van der Waals surface area (Å²) in [5.74, 6) is 0.166. The highest BCUT2D eigenvalue weighted by Crippen LogP contribution is 2.66. The van der Waals surface area contributed by atoms with Crippen molar-refractivity contribution in [2.24, 2.45) is 0 Å². The Bertz CT molecular complexity index is 1430. The maximum Gasteiger partial charge on any atom is 0.404 e. The summed E-state index contributed by atoms with van der Waals surface area (Å²) in [6, 6.07) is 20.4. The highest BCUT2D eigenvalue weighted by atomic mass is 32.2. The summed E-state index contributed by atoms with van der Waals surface area (Å²) < 4.78 is 86.9. The number of ether oxygens (including phenoxy) is 1. The van der Waals surface area contributed by atoms with Crippen molar-refractivity contribution in [1.29, 1.82) is 0 Å². The zero-order valence-electron chi connectivity index (χ0n) is 24.1. The number of halogens is 2. The summed E-state index contributed by atoms with van der Waals surface area (Å²) in [6.45, 7) is 3.12. The number of carbonyl (C=O) groups is 1. The molecule has 0 saturated carbocycles. The quantitative estimate of drug-likeness (QED) is 0.132. The highest BCUT2D eigenvalue weighted by Gasteiger charge is 2.54. The summed E-state index contributed by atoms with van der Waals surface area (Å²) in [7, 11) is -8.88. The molecular formula is C30H37F2N2O7PS. The molecule has 43 heavy (non-hydrogen) atoms. The van der Waals surface area contributed by atoms with E-state index in [2.05, 4.69) is 10.0 Å². The first kappa shape index (κ1) is 34.3. The van der Waals surface area contributed by atoms with E-state index >= 15 is 8.78 Å². The molecule has 0 radical (unpaired) electrons. The molecule has 3 rings (SSSR count). The highest BCUT2D eigenvalue weighted by molar-refractivity contribution is 7.89. The Balaban J connectivity index is 1.70. The molecule has 0 spiro atoms. The number of benzene rings is 3. The number of rotatable bonds is 18. The Kier molecular flexibility index (Phi) is 12.8. The second kappa shape index (κ2) is 16.1. The molecule has 0 fully saturated rings. The first-order chi connectivity index (χ1) is 20.5. The molecule has 234 valence electrons. The lowest BCUT2D eigenvalue weighted by Crippen LogP contribution is -2.48. The van der Waals surface area contributed by atoms with Gasteiger partial charge in [0.2, 0.25) is 15.9 Å². The Morgan fingerprint density at radius 3 is 2.05 bits per heavy atom. The van der Waals surface area contributed by atoms with Crippen molar-refractivity contribution in [3.63, 3.8) is 0 Å². The fraction of sp³-hybridized carbons (Fsp3) is 0.367. The molecule has 1 amide bonds. The van der Waals surface area contributed by atoms with Crippen molar-refractivity contribution in [3.8, 4) is 5.75 Å². The Hall–Kier alpha value is -3.15. The number of sulfonamides is 1. The van der Waals surface area contributed by atoms with Gasteiger partial charge in [0.15, 0.2) is 0 Å². The molecule has 0 unspecified atom stereocenters. The Morgan fingerprint density at radius 1 is 0.884 bits per heavy atom. The minimum atomic E-state index is -4.80. The molecule has 0 aromatic heterocycles. The lowest BCUT2D eigenvalue weighted by Gasteiger charge is -2.26. The van der Waals surface area contributed by atoms with Gasteiger partial charge in [-0.15, -0.1) is 0 Å². The van der Waals surface area contributed by atoms with Crippen LogP contribution in [0.3, 0.4) is 0 Å². The van der Waals surface area contributed by atoms with Crippen molar-refractivity contribution >= 4 is 23.5 Å². The number of para-hydroxylation sites is 1. The largest absolute Gasteiger partial charge is 0.494 e. The molecule has 1 atom stereocenters. The average Bonchev–Trinajstić information content (AvgIpc) is 3.00. The van der Waals surface area contributed by atoms with Crippen molar-refractivity contribution < 1.29 is 40.3 Å². The molecule has 0 aliphatic rings. The van der Waals surface area contributed by atoms with E-state index < -0.39 is 40.8 Å². The molecule has 13 heteroatoms. The summed E-state index contributed by atoms with van der Waals surface area (Å²) in [6.07, 6.45) is 1.11. The fourth-order valence-corrected chi connectivity index (χ4v) is 6.85. The fourth-order valence-electron chi connectivity index (χ4n) is 4.09. The zero-order chi connectivity index (χ0) is 31.3. The van der Waals surface area contributed by atoms with Crippen LogP contribution in [0, 0.1) is 0 Å². The van der Waals surface area contributed by atoms with Crippen molar-refractivity contribution in [1.82, 2.24) is 10.0 Å². The van der Waals surface area contributed by atoms with E-state index in [0.717, 1.165) is 17.9 Å². The van der Waals surface area contributed by atoms with Gasteiger partial charge in [-0.3, -0.25) is 9.36 Å². The maximum absolute atomic E-state index is 15.2. The van der Waals surface area contributed by atoms with Crippen LogP contribution in [0.5, 0.6) is 5.75 Å². The molecule has 0 saturated heterocycles. The number of carbonyl (C=O) groups excluding carboxylic acids is 1. The van der Waals surface area contributed by atoms with E-state index in [-0.39, 0.29) is 31.1 Å². The van der Waals surface area contributed by atoms with Gasteiger partial charge in [-0.25, -0.2) is 8.42 Å². The van der Waals surface area contributed by atoms with E-state index in [4.69, 9.17) is 13.8 Å². The van der Waals surface area contributed by atoms with Crippen LogP contribution < -0.4 is 14.8 Å². The molecule has 0 heterocycles. The predicted molar refractivity (Wildman–Crippen MR) is 160 cm³/mol. The summed E-state index contributed by atoms with van der Waals surface area (Å²) in [5.41, 5.74) is -4.12. The average molecular weight is 639 g/mol. The maximum atomic E-state index is 15.2. The lowest BCUT2D eigenvalue weighted by atomic mass is 10.0. The van der Waals surface area contributed by atoms with E-state index in [1.165, 1.54) is 38.1 Å². The number of amides is 1. The summed E-state index contributed by atoms with van der Waals surface area (Å²) in [5, 5.41) is 2.75. The van der Waals surface area contributed by atoms with Crippen LogP contribution in [0.15, 0.2) is 89.8 Å². The smallest absolute Gasteiger partial charge is 0.404 e. The van der Waals surface area contributed by atoms with Gasteiger partial charge in [0.25, 0.3) is 0 Å². The molecule has 2 N–H and O–H groups in total. The first-order valence-electron chi connectivity index (χ1n) is 13.9. The second-order valence-corrected chi connectivity index (χ2v) is 13.2. The van der Waals surface area contributed by atoms with E-state index in [1.807, 2.05) is 30.3 Å². The van der Waals surface area contributed by atoms with Gasteiger partial charge in [0.05, 0.1) is 24.7 Å². The molecule has 0 bridgehead atoms. The van der Waals surface area contributed by atoms with E-state index in [1.54, 1.807) is 18.2 Å².